The number of halogens is 1. The summed E-state index contributed by atoms with van der Waals surface area (Å²) in [6, 6.07) is 5.99. The minimum absolute atomic E-state index is 0.0322. The summed E-state index contributed by atoms with van der Waals surface area (Å²) in [5.74, 6) is 0.832. The van der Waals surface area contributed by atoms with Crippen LogP contribution in [-0.2, 0) is 0 Å². The van der Waals surface area contributed by atoms with Crippen molar-refractivity contribution < 1.29 is 4.74 Å². The van der Waals surface area contributed by atoms with Gasteiger partial charge in [0.05, 0.1) is 0 Å². The molecule has 1 aromatic carbocycles. The quantitative estimate of drug-likeness (QED) is 0.872. The number of nitrogens with two attached hydrogens (primary N) is 1. The van der Waals surface area contributed by atoms with Gasteiger partial charge in [-0.25, -0.2) is 0 Å². The van der Waals surface area contributed by atoms with E-state index in [1.165, 1.54) is 11.1 Å². The van der Waals surface area contributed by atoms with Crippen molar-refractivity contribution in [1.29, 1.82) is 0 Å². The Hall–Kier alpha value is -0.990. The first-order valence-electron chi connectivity index (χ1n) is 5.29. The van der Waals surface area contributed by atoms with Gasteiger partial charge in [-0.05, 0) is 32.4 Å². The standard InChI is InChI=1S/C13H18ClNO/c1-9-4-5-13(12(6-9)11(3)15)16-8-10(2)7-14/h4-7,11H,8,15H2,1-3H3/b10-7+/t11-/m1/s1. The lowest BCUT2D eigenvalue weighted by Crippen LogP contribution is -2.09. The van der Waals surface area contributed by atoms with Crippen LogP contribution in [0.5, 0.6) is 5.75 Å². The molecule has 0 aliphatic rings. The predicted molar refractivity (Wildman–Crippen MR) is 68.9 cm³/mol. The van der Waals surface area contributed by atoms with E-state index in [9.17, 15) is 0 Å². The molecule has 0 radical (unpaired) electrons. The lowest BCUT2D eigenvalue weighted by atomic mass is 10.1. The third-order valence-corrected chi connectivity index (χ3v) is 2.67. The van der Waals surface area contributed by atoms with E-state index >= 15 is 0 Å². The van der Waals surface area contributed by atoms with Crippen LogP contribution in [0.2, 0.25) is 0 Å². The fourth-order valence-electron chi connectivity index (χ4n) is 1.38. The average molecular weight is 240 g/mol. The van der Waals surface area contributed by atoms with Crippen LogP contribution in [0, 0.1) is 6.92 Å². The van der Waals surface area contributed by atoms with Gasteiger partial charge in [-0.1, -0.05) is 29.3 Å². The van der Waals surface area contributed by atoms with Crippen LogP contribution < -0.4 is 10.5 Å². The van der Waals surface area contributed by atoms with E-state index in [1.54, 1.807) is 0 Å². The van der Waals surface area contributed by atoms with Gasteiger partial charge >= 0.3 is 0 Å². The third kappa shape index (κ3) is 3.54. The van der Waals surface area contributed by atoms with Crippen molar-refractivity contribution in [2.75, 3.05) is 6.61 Å². The first kappa shape index (κ1) is 13.1. The number of hydrogen-bond acceptors (Lipinski definition) is 2. The van der Waals surface area contributed by atoms with Gasteiger partial charge in [0.1, 0.15) is 12.4 Å². The van der Waals surface area contributed by atoms with Gasteiger partial charge in [0.25, 0.3) is 0 Å². The number of benzene rings is 1. The highest BCUT2D eigenvalue weighted by molar-refractivity contribution is 6.25. The topological polar surface area (TPSA) is 35.2 Å². The summed E-state index contributed by atoms with van der Waals surface area (Å²) in [5, 5.41) is 0. The lowest BCUT2D eigenvalue weighted by molar-refractivity contribution is 0.346. The monoisotopic (exact) mass is 239 g/mol. The molecular formula is C13H18ClNO. The van der Waals surface area contributed by atoms with E-state index in [0.717, 1.165) is 16.9 Å². The first-order valence-corrected chi connectivity index (χ1v) is 5.73. The van der Waals surface area contributed by atoms with E-state index in [2.05, 4.69) is 6.07 Å². The average Bonchev–Trinajstić information content (AvgIpc) is 2.26. The first-order chi connectivity index (χ1) is 7.54. The Labute approximate surface area is 102 Å². The van der Waals surface area contributed by atoms with Crippen molar-refractivity contribution in [2.45, 2.75) is 26.8 Å². The van der Waals surface area contributed by atoms with Crippen LogP contribution in [0.25, 0.3) is 0 Å². The predicted octanol–water partition coefficient (Wildman–Crippen LogP) is 3.54. The molecule has 16 heavy (non-hydrogen) atoms. The van der Waals surface area contributed by atoms with Crippen LogP contribution in [0.1, 0.15) is 31.0 Å². The summed E-state index contributed by atoms with van der Waals surface area (Å²) < 4.78 is 5.67. The normalized spacial score (nSPS) is 13.7. The van der Waals surface area contributed by atoms with Gasteiger partial charge in [-0.15, -0.1) is 0 Å². The van der Waals surface area contributed by atoms with Crippen LogP contribution >= 0.6 is 11.6 Å². The molecular weight excluding hydrogens is 222 g/mol. The van der Waals surface area contributed by atoms with Crippen molar-refractivity contribution in [1.82, 2.24) is 0 Å². The number of rotatable bonds is 4. The largest absolute Gasteiger partial charge is 0.489 e. The number of ether oxygens (including phenoxy) is 1. The second-order valence-corrected chi connectivity index (χ2v) is 4.29. The molecule has 0 aliphatic heterocycles. The highest BCUT2D eigenvalue weighted by Crippen LogP contribution is 2.25. The molecule has 0 unspecified atom stereocenters. The Kier molecular flexibility index (Phi) is 4.84. The second kappa shape index (κ2) is 5.92. The molecule has 0 aliphatic carbocycles. The molecule has 0 saturated heterocycles. The highest BCUT2D eigenvalue weighted by Gasteiger charge is 2.08. The maximum Gasteiger partial charge on any atom is 0.124 e. The molecule has 0 spiro atoms. The Bertz CT molecular complexity index is 386. The van der Waals surface area contributed by atoms with Gasteiger partial charge < -0.3 is 10.5 Å². The van der Waals surface area contributed by atoms with Gasteiger partial charge in [-0.2, -0.15) is 0 Å². The van der Waals surface area contributed by atoms with Crippen molar-refractivity contribution >= 4 is 11.6 Å². The summed E-state index contributed by atoms with van der Waals surface area (Å²) in [5.41, 5.74) is 10.6. The van der Waals surface area contributed by atoms with Crippen molar-refractivity contribution in [3.05, 3.63) is 40.4 Å². The fourth-order valence-corrected chi connectivity index (χ4v) is 1.44. The molecule has 0 heterocycles. The molecule has 1 atom stereocenters. The molecule has 0 amide bonds. The van der Waals surface area contributed by atoms with E-state index in [1.807, 2.05) is 32.9 Å². The zero-order valence-corrected chi connectivity index (χ0v) is 10.7. The Balaban J connectivity index is 2.87. The van der Waals surface area contributed by atoms with E-state index in [0.29, 0.717) is 6.61 Å². The Morgan fingerprint density at radius 1 is 1.56 bits per heavy atom. The van der Waals surface area contributed by atoms with E-state index in [-0.39, 0.29) is 6.04 Å². The minimum atomic E-state index is -0.0322. The fraction of sp³-hybridized carbons (Fsp3) is 0.385. The summed E-state index contributed by atoms with van der Waals surface area (Å²) in [6.45, 7) is 6.41. The van der Waals surface area contributed by atoms with Gasteiger partial charge in [0.15, 0.2) is 0 Å². The number of aryl methyl sites for hydroxylation is 1. The molecule has 88 valence electrons. The highest BCUT2D eigenvalue weighted by atomic mass is 35.5. The van der Waals surface area contributed by atoms with Crippen molar-refractivity contribution in [3.63, 3.8) is 0 Å². The van der Waals surface area contributed by atoms with Gasteiger partial charge in [0.2, 0.25) is 0 Å². The molecule has 1 rings (SSSR count). The zero-order chi connectivity index (χ0) is 12.1. The number of hydrogen-bond donors (Lipinski definition) is 1. The van der Waals surface area contributed by atoms with Gasteiger partial charge in [0, 0.05) is 17.1 Å². The summed E-state index contributed by atoms with van der Waals surface area (Å²) in [6.07, 6.45) is 0. The molecule has 0 fully saturated rings. The minimum Gasteiger partial charge on any atom is -0.489 e. The van der Waals surface area contributed by atoms with E-state index < -0.39 is 0 Å². The smallest absolute Gasteiger partial charge is 0.124 e. The van der Waals surface area contributed by atoms with Crippen LogP contribution in [0.15, 0.2) is 29.3 Å². The van der Waals surface area contributed by atoms with Gasteiger partial charge in [-0.3, -0.25) is 0 Å². The summed E-state index contributed by atoms with van der Waals surface area (Å²) in [7, 11) is 0. The van der Waals surface area contributed by atoms with E-state index in [4.69, 9.17) is 22.1 Å². The maximum absolute atomic E-state index is 5.90. The Morgan fingerprint density at radius 3 is 2.81 bits per heavy atom. The molecule has 2 nitrogen and oxygen atoms in total. The maximum atomic E-state index is 5.90. The SMILES string of the molecule is C/C(=C\Cl)COc1ccc(C)cc1[C@@H](C)N. The molecule has 0 saturated carbocycles. The molecule has 1 aromatic rings. The molecule has 0 aromatic heterocycles. The molecule has 0 bridgehead atoms. The third-order valence-electron chi connectivity index (χ3n) is 2.30. The second-order valence-electron chi connectivity index (χ2n) is 4.07. The summed E-state index contributed by atoms with van der Waals surface area (Å²) >= 11 is 5.58. The molecule has 2 N–H and O–H groups in total. The Morgan fingerprint density at radius 2 is 2.25 bits per heavy atom. The van der Waals surface area contributed by atoms with Crippen LogP contribution in [0.4, 0.5) is 0 Å². The van der Waals surface area contributed by atoms with Crippen molar-refractivity contribution in [2.24, 2.45) is 5.73 Å². The van der Waals surface area contributed by atoms with Crippen molar-refractivity contribution in [3.8, 4) is 5.75 Å². The van der Waals surface area contributed by atoms with Crippen LogP contribution in [0.3, 0.4) is 0 Å². The zero-order valence-electron chi connectivity index (χ0n) is 9.96. The van der Waals surface area contributed by atoms with Crippen LogP contribution in [-0.4, -0.2) is 6.61 Å². The lowest BCUT2D eigenvalue weighted by Gasteiger charge is -2.14. The molecule has 3 heteroatoms. The summed E-state index contributed by atoms with van der Waals surface area (Å²) in [4.78, 5) is 0.